The highest BCUT2D eigenvalue weighted by Gasteiger charge is 2.17. The Labute approximate surface area is 115 Å². The fraction of sp³-hybridized carbons (Fsp3) is 0.533. The standard InChI is InChI=1S/C15H24N2O2/c1-5-19-13-8-11(4)6-7-12(13)9-17-15(18)14(16)10(2)3/h6-8,10,14H,5,9,16H2,1-4H3,(H,17,18)/t14-/m0/s1. The molecule has 19 heavy (non-hydrogen) atoms. The average Bonchev–Trinajstić information content (AvgIpc) is 2.36. The number of ether oxygens (including phenoxy) is 1. The maximum atomic E-state index is 11.8. The van der Waals surface area contributed by atoms with Crippen LogP contribution in [0.15, 0.2) is 18.2 Å². The summed E-state index contributed by atoms with van der Waals surface area (Å²) in [5, 5.41) is 2.85. The lowest BCUT2D eigenvalue weighted by Crippen LogP contribution is -2.43. The summed E-state index contributed by atoms with van der Waals surface area (Å²) in [5.41, 5.74) is 7.91. The van der Waals surface area contributed by atoms with E-state index < -0.39 is 6.04 Å². The molecule has 0 spiro atoms. The third kappa shape index (κ3) is 4.56. The second-order valence-electron chi connectivity index (χ2n) is 5.03. The maximum absolute atomic E-state index is 11.8. The zero-order valence-electron chi connectivity index (χ0n) is 12.2. The summed E-state index contributed by atoms with van der Waals surface area (Å²) in [7, 11) is 0. The molecule has 0 saturated heterocycles. The molecule has 1 aromatic carbocycles. The van der Waals surface area contributed by atoms with Crippen molar-refractivity contribution >= 4 is 5.91 Å². The Hall–Kier alpha value is -1.55. The number of hydrogen-bond donors (Lipinski definition) is 2. The van der Waals surface area contributed by atoms with E-state index in [9.17, 15) is 4.79 Å². The van der Waals surface area contributed by atoms with Gasteiger partial charge < -0.3 is 15.8 Å². The summed E-state index contributed by atoms with van der Waals surface area (Å²) in [4.78, 5) is 11.8. The van der Waals surface area contributed by atoms with E-state index in [2.05, 4.69) is 5.32 Å². The van der Waals surface area contributed by atoms with Gasteiger partial charge in [0.05, 0.1) is 12.6 Å². The van der Waals surface area contributed by atoms with Crippen molar-refractivity contribution in [1.29, 1.82) is 0 Å². The van der Waals surface area contributed by atoms with Crippen LogP contribution in [0.2, 0.25) is 0 Å². The first kappa shape index (κ1) is 15.5. The van der Waals surface area contributed by atoms with Gasteiger partial charge in [0.15, 0.2) is 0 Å². The van der Waals surface area contributed by atoms with Gasteiger partial charge in [-0.1, -0.05) is 26.0 Å². The Morgan fingerprint density at radius 1 is 1.42 bits per heavy atom. The van der Waals surface area contributed by atoms with E-state index >= 15 is 0 Å². The second kappa shape index (κ2) is 7.14. The normalized spacial score (nSPS) is 12.3. The summed E-state index contributed by atoms with van der Waals surface area (Å²) in [6.07, 6.45) is 0. The van der Waals surface area contributed by atoms with E-state index in [0.29, 0.717) is 13.2 Å². The molecule has 3 N–H and O–H groups in total. The summed E-state index contributed by atoms with van der Waals surface area (Å²) < 4.78 is 5.58. The number of nitrogens with two attached hydrogens (primary N) is 1. The number of benzene rings is 1. The first-order valence-electron chi connectivity index (χ1n) is 6.71. The molecule has 1 amide bonds. The van der Waals surface area contributed by atoms with Crippen molar-refractivity contribution in [3.8, 4) is 5.75 Å². The van der Waals surface area contributed by atoms with Crippen molar-refractivity contribution in [2.75, 3.05) is 6.61 Å². The summed E-state index contributed by atoms with van der Waals surface area (Å²) in [5.74, 6) is 0.823. The third-order valence-electron chi connectivity index (χ3n) is 3.00. The molecule has 4 nitrogen and oxygen atoms in total. The van der Waals surface area contributed by atoms with Crippen LogP contribution < -0.4 is 15.8 Å². The Balaban J connectivity index is 2.69. The van der Waals surface area contributed by atoms with Gasteiger partial charge in [-0.25, -0.2) is 0 Å². The first-order valence-corrected chi connectivity index (χ1v) is 6.71. The molecule has 0 radical (unpaired) electrons. The number of hydrogen-bond acceptors (Lipinski definition) is 3. The van der Waals surface area contributed by atoms with Gasteiger partial charge in [0, 0.05) is 12.1 Å². The molecule has 0 saturated carbocycles. The van der Waals surface area contributed by atoms with Crippen LogP contribution in [0.4, 0.5) is 0 Å². The van der Waals surface area contributed by atoms with Gasteiger partial charge in [0.2, 0.25) is 5.91 Å². The highest BCUT2D eigenvalue weighted by molar-refractivity contribution is 5.81. The maximum Gasteiger partial charge on any atom is 0.237 e. The molecule has 1 aromatic rings. The van der Waals surface area contributed by atoms with Gasteiger partial charge in [-0.3, -0.25) is 4.79 Å². The second-order valence-corrected chi connectivity index (χ2v) is 5.03. The third-order valence-corrected chi connectivity index (χ3v) is 3.00. The van der Waals surface area contributed by atoms with E-state index in [0.717, 1.165) is 16.9 Å². The minimum Gasteiger partial charge on any atom is -0.494 e. The van der Waals surface area contributed by atoms with Crippen LogP contribution in [0, 0.1) is 12.8 Å². The Morgan fingerprint density at radius 2 is 2.11 bits per heavy atom. The van der Waals surface area contributed by atoms with Crippen molar-refractivity contribution in [2.24, 2.45) is 11.7 Å². The van der Waals surface area contributed by atoms with Gasteiger partial charge >= 0.3 is 0 Å². The fourth-order valence-electron chi connectivity index (χ4n) is 1.70. The SMILES string of the molecule is CCOc1cc(C)ccc1CNC(=O)[C@@H](N)C(C)C. The quantitative estimate of drug-likeness (QED) is 0.826. The van der Waals surface area contributed by atoms with Gasteiger partial charge in [0.1, 0.15) is 5.75 Å². The van der Waals surface area contributed by atoms with Gasteiger partial charge in [-0.15, -0.1) is 0 Å². The van der Waals surface area contributed by atoms with Crippen LogP contribution in [0.3, 0.4) is 0 Å². The van der Waals surface area contributed by atoms with Crippen molar-refractivity contribution < 1.29 is 9.53 Å². The van der Waals surface area contributed by atoms with Crippen molar-refractivity contribution in [1.82, 2.24) is 5.32 Å². The van der Waals surface area contributed by atoms with E-state index in [1.807, 2.05) is 45.9 Å². The molecule has 1 rings (SSSR count). The van der Waals surface area contributed by atoms with E-state index in [1.54, 1.807) is 0 Å². The molecule has 0 bridgehead atoms. The molecule has 4 heteroatoms. The number of carbonyl (C=O) groups is 1. The Kier molecular flexibility index (Phi) is 5.83. The van der Waals surface area contributed by atoms with Crippen LogP contribution in [0.25, 0.3) is 0 Å². The van der Waals surface area contributed by atoms with E-state index in [4.69, 9.17) is 10.5 Å². The van der Waals surface area contributed by atoms with E-state index in [-0.39, 0.29) is 11.8 Å². The molecule has 1 atom stereocenters. The number of carbonyl (C=O) groups excluding carboxylic acids is 1. The minimum absolute atomic E-state index is 0.127. The van der Waals surface area contributed by atoms with Crippen LogP contribution in [-0.2, 0) is 11.3 Å². The average molecular weight is 264 g/mol. The molecular formula is C15H24N2O2. The molecule has 0 heterocycles. The molecule has 0 fully saturated rings. The zero-order chi connectivity index (χ0) is 14.4. The number of aryl methyl sites for hydroxylation is 1. The van der Waals surface area contributed by atoms with Crippen LogP contribution in [0.1, 0.15) is 31.9 Å². The summed E-state index contributed by atoms with van der Waals surface area (Å²) >= 11 is 0. The number of amides is 1. The summed E-state index contributed by atoms with van der Waals surface area (Å²) in [6, 6.07) is 5.49. The molecular weight excluding hydrogens is 240 g/mol. The highest BCUT2D eigenvalue weighted by atomic mass is 16.5. The van der Waals surface area contributed by atoms with Crippen LogP contribution in [-0.4, -0.2) is 18.6 Å². The fourth-order valence-corrected chi connectivity index (χ4v) is 1.70. The minimum atomic E-state index is -0.471. The lowest BCUT2D eigenvalue weighted by atomic mass is 10.0. The molecule has 0 aromatic heterocycles. The highest BCUT2D eigenvalue weighted by Crippen LogP contribution is 2.20. The van der Waals surface area contributed by atoms with Crippen LogP contribution in [0.5, 0.6) is 5.75 Å². The predicted octanol–water partition coefficient (Wildman–Crippen LogP) is 1.99. The molecule has 0 aliphatic heterocycles. The smallest absolute Gasteiger partial charge is 0.237 e. The monoisotopic (exact) mass is 264 g/mol. The first-order chi connectivity index (χ1) is 8.95. The lowest BCUT2D eigenvalue weighted by Gasteiger charge is -2.16. The summed E-state index contributed by atoms with van der Waals surface area (Å²) in [6.45, 7) is 8.87. The predicted molar refractivity (Wildman–Crippen MR) is 77.0 cm³/mol. The van der Waals surface area contributed by atoms with E-state index in [1.165, 1.54) is 0 Å². The van der Waals surface area contributed by atoms with Crippen molar-refractivity contribution in [3.05, 3.63) is 29.3 Å². The van der Waals surface area contributed by atoms with Crippen molar-refractivity contribution in [3.63, 3.8) is 0 Å². The lowest BCUT2D eigenvalue weighted by molar-refractivity contribution is -0.123. The number of rotatable bonds is 6. The largest absolute Gasteiger partial charge is 0.494 e. The Morgan fingerprint density at radius 3 is 2.68 bits per heavy atom. The Bertz CT molecular complexity index is 430. The van der Waals surface area contributed by atoms with Crippen LogP contribution >= 0.6 is 0 Å². The zero-order valence-corrected chi connectivity index (χ0v) is 12.2. The molecule has 0 aliphatic carbocycles. The topological polar surface area (TPSA) is 64.3 Å². The molecule has 0 aliphatic rings. The molecule has 0 unspecified atom stereocenters. The van der Waals surface area contributed by atoms with Gasteiger partial charge in [0.25, 0.3) is 0 Å². The molecule has 106 valence electrons. The van der Waals surface area contributed by atoms with Gasteiger partial charge in [-0.2, -0.15) is 0 Å². The van der Waals surface area contributed by atoms with Crippen molar-refractivity contribution in [2.45, 2.75) is 40.3 Å². The number of nitrogens with one attached hydrogen (secondary N) is 1. The van der Waals surface area contributed by atoms with Gasteiger partial charge in [-0.05, 0) is 31.4 Å².